The van der Waals surface area contributed by atoms with Gasteiger partial charge >= 0.3 is 0 Å². The molecule has 2 aromatic rings. The SMILES string of the molecule is CN(Cc1c(F)cccc1Cl)C(=O)c1cc(Cl)ccc1[N+](=O)[O-]. The number of hydrogen-bond acceptors (Lipinski definition) is 3. The van der Waals surface area contributed by atoms with Gasteiger partial charge in [-0.2, -0.15) is 0 Å². The predicted octanol–water partition coefficient (Wildman–Crippen LogP) is 4.31. The number of nitro groups is 1. The zero-order valence-corrected chi connectivity index (χ0v) is 13.4. The summed E-state index contributed by atoms with van der Waals surface area (Å²) in [7, 11) is 1.40. The second-order valence-corrected chi connectivity index (χ2v) is 5.62. The second kappa shape index (κ2) is 6.93. The molecule has 0 spiro atoms. The predicted molar refractivity (Wildman–Crippen MR) is 85.3 cm³/mol. The van der Waals surface area contributed by atoms with Crippen LogP contribution in [0.3, 0.4) is 0 Å². The molecule has 1 amide bonds. The first-order valence-electron chi connectivity index (χ1n) is 6.43. The minimum Gasteiger partial charge on any atom is -0.337 e. The highest BCUT2D eigenvalue weighted by molar-refractivity contribution is 6.31. The normalized spacial score (nSPS) is 10.4. The molecule has 120 valence electrons. The molecule has 8 heteroatoms. The quantitative estimate of drug-likeness (QED) is 0.605. The Morgan fingerprint density at radius 2 is 2.00 bits per heavy atom. The Morgan fingerprint density at radius 1 is 1.30 bits per heavy atom. The Balaban J connectivity index is 2.34. The van der Waals surface area contributed by atoms with E-state index < -0.39 is 16.6 Å². The molecule has 0 aliphatic rings. The molecule has 0 bridgehead atoms. The maximum Gasteiger partial charge on any atom is 0.282 e. The van der Waals surface area contributed by atoms with Crippen LogP contribution in [0.5, 0.6) is 0 Å². The fraction of sp³-hybridized carbons (Fsp3) is 0.133. The van der Waals surface area contributed by atoms with Crippen LogP contribution in [0.25, 0.3) is 0 Å². The summed E-state index contributed by atoms with van der Waals surface area (Å²) in [6.07, 6.45) is 0. The lowest BCUT2D eigenvalue weighted by Gasteiger charge is -2.18. The maximum absolute atomic E-state index is 13.8. The standard InChI is InChI=1S/C15H11Cl2FN2O3/c1-19(8-11-12(17)3-2-4-13(11)18)15(21)10-7-9(16)5-6-14(10)20(22)23/h2-7H,8H2,1H3. The van der Waals surface area contributed by atoms with Crippen LogP contribution in [0.2, 0.25) is 10.0 Å². The van der Waals surface area contributed by atoms with Crippen LogP contribution in [-0.4, -0.2) is 22.8 Å². The van der Waals surface area contributed by atoms with Crippen molar-refractivity contribution in [2.45, 2.75) is 6.54 Å². The van der Waals surface area contributed by atoms with Crippen LogP contribution in [0.1, 0.15) is 15.9 Å². The van der Waals surface area contributed by atoms with Crippen molar-refractivity contribution in [3.05, 3.63) is 73.5 Å². The molecular weight excluding hydrogens is 346 g/mol. The summed E-state index contributed by atoms with van der Waals surface area (Å²) >= 11 is 11.7. The number of halogens is 3. The molecule has 23 heavy (non-hydrogen) atoms. The molecule has 2 rings (SSSR count). The topological polar surface area (TPSA) is 63.5 Å². The summed E-state index contributed by atoms with van der Waals surface area (Å²) in [4.78, 5) is 24.0. The number of rotatable bonds is 4. The molecule has 5 nitrogen and oxygen atoms in total. The molecule has 2 aromatic carbocycles. The average molecular weight is 357 g/mol. The second-order valence-electron chi connectivity index (χ2n) is 4.78. The van der Waals surface area contributed by atoms with Crippen LogP contribution >= 0.6 is 23.2 Å². The molecule has 0 saturated heterocycles. The highest BCUT2D eigenvalue weighted by Crippen LogP contribution is 2.26. The molecular formula is C15H11Cl2FN2O3. The van der Waals surface area contributed by atoms with E-state index >= 15 is 0 Å². The van der Waals surface area contributed by atoms with Gasteiger partial charge in [-0.25, -0.2) is 4.39 Å². The molecule has 0 heterocycles. The number of nitro benzene ring substituents is 1. The Bertz CT molecular complexity index is 763. The summed E-state index contributed by atoms with van der Waals surface area (Å²) in [5.74, 6) is -1.21. The number of amides is 1. The van der Waals surface area contributed by atoms with Gasteiger partial charge in [0.25, 0.3) is 11.6 Å². The zero-order valence-electron chi connectivity index (χ0n) is 11.9. The lowest BCUT2D eigenvalue weighted by Crippen LogP contribution is -2.27. The van der Waals surface area contributed by atoms with E-state index in [2.05, 4.69) is 0 Å². The maximum atomic E-state index is 13.8. The van der Waals surface area contributed by atoms with E-state index in [9.17, 15) is 19.3 Å². The Hall–Kier alpha value is -2.18. The molecule has 0 aliphatic carbocycles. The minimum atomic E-state index is -0.673. The van der Waals surface area contributed by atoms with Gasteiger partial charge in [0.05, 0.1) is 4.92 Å². The molecule has 0 N–H and O–H groups in total. The van der Waals surface area contributed by atoms with Crippen molar-refractivity contribution in [3.63, 3.8) is 0 Å². The molecule has 0 aliphatic heterocycles. The van der Waals surface area contributed by atoms with Crippen molar-refractivity contribution in [1.82, 2.24) is 4.90 Å². The van der Waals surface area contributed by atoms with Crippen molar-refractivity contribution < 1.29 is 14.1 Å². The van der Waals surface area contributed by atoms with Gasteiger partial charge in [-0.3, -0.25) is 14.9 Å². The minimum absolute atomic E-state index is 0.131. The van der Waals surface area contributed by atoms with E-state index in [0.717, 1.165) is 11.0 Å². The fourth-order valence-corrected chi connectivity index (χ4v) is 2.43. The average Bonchev–Trinajstić information content (AvgIpc) is 2.49. The van der Waals surface area contributed by atoms with E-state index in [1.807, 2.05) is 0 Å². The highest BCUT2D eigenvalue weighted by Gasteiger charge is 2.24. The molecule has 0 saturated carbocycles. The van der Waals surface area contributed by atoms with Gasteiger partial charge in [-0.1, -0.05) is 29.3 Å². The first-order chi connectivity index (χ1) is 10.8. The third-order valence-corrected chi connectivity index (χ3v) is 3.78. The van der Waals surface area contributed by atoms with Gasteiger partial charge in [0, 0.05) is 35.3 Å². The summed E-state index contributed by atoms with van der Waals surface area (Å²) in [6.45, 7) is -0.131. The lowest BCUT2D eigenvalue weighted by molar-refractivity contribution is -0.385. The van der Waals surface area contributed by atoms with E-state index in [-0.39, 0.29) is 33.4 Å². The molecule has 0 unspecified atom stereocenters. The van der Waals surface area contributed by atoms with Gasteiger partial charge in [0.2, 0.25) is 0 Å². The summed E-state index contributed by atoms with van der Waals surface area (Å²) in [5.41, 5.74) is -0.405. The summed E-state index contributed by atoms with van der Waals surface area (Å²) in [6, 6.07) is 7.86. The first kappa shape index (κ1) is 17.2. The van der Waals surface area contributed by atoms with Gasteiger partial charge in [0.15, 0.2) is 0 Å². The monoisotopic (exact) mass is 356 g/mol. The summed E-state index contributed by atoms with van der Waals surface area (Å²) < 4.78 is 13.8. The van der Waals surface area contributed by atoms with Crippen LogP contribution < -0.4 is 0 Å². The van der Waals surface area contributed by atoms with Crippen LogP contribution in [0.4, 0.5) is 10.1 Å². The molecule has 0 radical (unpaired) electrons. The van der Waals surface area contributed by atoms with E-state index in [1.165, 1.54) is 37.4 Å². The number of carbonyl (C=O) groups is 1. The number of nitrogens with zero attached hydrogens (tertiary/aromatic N) is 2. The van der Waals surface area contributed by atoms with E-state index in [1.54, 1.807) is 0 Å². The van der Waals surface area contributed by atoms with Gasteiger partial charge in [-0.15, -0.1) is 0 Å². The fourth-order valence-electron chi connectivity index (χ4n) is 2.04. The van der Waals surface area contributed by atoms with Gasteiger partial charge in [0.1, 0.15) is 11.4 Å². The smallest absolute Gasteiger partial charge is 0.282 e. The van der Waals surface area contributed by atoms with Gasteiger partial charge < -0.3 is 4.90 Å². The van der Waals surface area contributed by atoms with Crippen molar-refractivity contribution in [1.29, 1.82) is 0 Å². The van der Waals surface area contributed by atoms with Crippen LogP contribution in [0, 0.1) is 15.9 Å². The number of benzene rings is 2. The molecule has 0 atom stereocenters. The van der Waals surface area contributed by atoms with E-state index in [0.29, 0.717) is 0 Å². The van der Waals surface area contributed by atoms with Crippen molar-refractivity contribution in [3.8, 4) is 0 Å². The van der Waals surface area contributed by atoms with Crippen LogP contribution in [-0.2, 0) is 6.54 Å². The molecule has 0 aromatic heterocycles. The van der Waals surface area contributed by atoms with E-state index in [4.69, 9.17) is 23.2 Å². The van der Waals surface area contributed by atoms with Crippen molar-refractivity contribution in [2.75, 3.05) is 7.05 Å². The number of carbonyl (C=O) groups excluding carboxylic acids is 1. The Kier molecular flexibility index (Phi) is 5.18. The first-order valence-corrected chi connectivity index (χ1v) is 7.19. The largest absolute Gasteiger partial charge is 0.337 e. The zero-order chi connectivity index (χ0) is 17.1. The Morgan fingerprint density at radius 3 is 2.61 bits per heavy atom. The number of hydrogen-bond donors (Lipinski definition) is 0. The third-order valence-electron chi connectivity index (χ3n) is 3.19. The van der Waals surface area contributed by atoms with Crippen molar-refractivity contribution >= 4 is 34.8 Å². The van der Waals surface area contributed by atoms with Gasteiger partial charge in [-0.05, 0) is 24.3 Å². The lowest BCUT2D eigenvalue weighted by atomic mass is 10.1. The van der Waals surface area contributed by atoms with Crippen LogP contribution in [0.15, 0.2) is 36.4 Å². The highest BCUT2D eigenvalue weighted by atomic mass is 35.5. The Labute approximate surface area is 141 Å². The third kappa shape index (κ3) is 3.78. The molecule has 0 fully saturated rings. The summed E-state index contributed by atoms with van der Waals surface area (Å²) in [5, 5.41) is 11.4. The van der Waals surface area contributed by atoms with Crippen molar-refractivity contribution in [2.24, 2.45) is 0 Å².